The van der Waals surface area contributed by atoms with Crippen LogP contribution in [0.25, 0.3) is 0 Å². The molecule has 0 unspecified atom stereocenters. The predicted molar refractivity (Wildman–Crippen MR) is 99.5 cm³/mol. The number of hydrogen-bond acceptors (Lipinski definition) is 5. The Morgan fingerprint density at radius 3 is 2.64 bits per heavy atom. The van der Waals surface area contributed by atoms with E-state index in [1.165, 1.54) is 12.8 Å². The van der Waals surface area contributed by atoms with E-state index in [9.17, 15) is 4.79 Å². The van der Waals surface area contributed by atoms with Crippen LogP contribution in [0.3, 0.4) is 0 Å². The maximum atomic E-state index is 13.1. The largest absolute Gasteiger partial charge is 0.365 e. The Hall–Kier alpha value is -2.63. The van der Waals surface area contributed by atoms with Crippen molar-refractivity contribution in [2.24, 2.45) is 0 Å². The van der Waals surface area contributed by atoms with Gasteiger partial charge in [0, 0.05) is 33.2 Å². The molecule has 1 fully saturated rings. The first-order valence-electron chi connectivity index (χ1n) is 8.82. The number of amides is 1. The summed E-state index contributed by atoms with van der Waals surface area (Å²) in [5.74, 6) is 0.671. The van der Waals surface area contributed by atoms with Crippen molar-refractivity contribution in [3.63, 3.8) is 0 Å². The van der Waals surface area contributed by atoms with Crippen molar-refractivity contribution in [1.82, 2.24) is 9.97 Å². The van der Waals surface area contributed by atoms with Crippen LogP contribution >= 0.6 is 0 Å². The molecule has 2 aliphatic heterocycles. The van der Waals surface area contributed by atoms with E-state index in [1.54, 1.807) is 12.4 Å². The summed E-state index contributed by atoms with van der Waals surface area (Å²) in [5, 5.41) is 0. The molecule has 130 valence electrons. The van der Waals surface area contributed by atoms with Crippen LogP contribution in [0.4, 0.5) is 17.2 Å². The van der Waals surface area contributed by atoms with Gasteiger partial charge in [-0.1, -0.05) is 12.1 Å². The maximum absolute atomic E-state index is 13.1. The molecular formula is C19H23N5O. The number of carbonyl (C=O) groups is 1. The maximum Gasteiger partial charge on any atom is 0.278 e. The first-order valence-corrected chi connectivity index (χ1v) is 8.82. The minimum Gasteiger partial charge on any atom is -0.365 e. The van der Waals surface area contributed by atoms with E-state index in [0.717, 1.165) is 30.2 Å². The number of rotatable bonds is 2. The van der Waals surface area contributed by atoms with Gasteiger partial charge in [0.25, 0.3) is 5.91 Å². The summed E-state index contributed by atoms with van der Waals surface area (Å²) in [5.41, 5.74) is 2.53. The number of benzene rings is 1. The van der Waals surface area contributed by atoms with Crippen LogP contribution in [0.5, 0.6) is 0 Å². The number of fused-ring (bicyclic) bond motifs is 3. The van der Waals surface area contributed by atoms with Crippen molar-refractivity contribution in [2.75, 3.05) is 41.9 Å². The molecule has 25 heavy (non-hydrogen) atoms. The van der Waals surface area contributed by atoms with Gasteiger partial charge in [-0.05, 0) is 31.4 Å². The van der Waals surface area contributed by atoms with E-state index >= 15 is 0 Å². The van der Waals surface area contributed by atoms with Gasteiger partial charge in [-0.3, -0.25) is 4.79 Å². The van der Waals surface area contributed by atoms with Gasteiger partial charge in [0.15, 0.2) is 0 Å². The fourth-order valence-electron chi connectivity index (χ4n) is 3.75. The highest BCUT2D eigenvalue weighted by Crippen LogP contribution is 2.38. The first kappa shape index (κ1) is 15.9. The van der Waals surface area contributed by atoms with E-state index in [4.69, 9.17) is 0 Å². The molecule has 0 saturated carbocycles. The molecule has 1 aromatic carbocycles. The smallest absolute Gasteiger partial charge is 0.278 e. The van der Waals surface area contributed by atoms with Crippen molar-refractivity contribution < 1.29 is 4.79 Å². The normalized spacial score (nSPS) is 19.2. The lowest BCUT2D eigenvalue weighted by molar-refractivity contribution is 0.0977. The molecule has 6 nitrogen and oxygen atoms in total. The van der Waals surface area contributed by atoms with Crippen LogP contribution in [0.15, 0.2) is 36.7 Å². The molecule has 4 rings (SSSR count). The molecule has 0 radical (unpaired) electrons. The minimum absolute atomic E-state index is 0.0736. The van der Waals surface area contributed by atoms with Gasteiger partial charge in [0.2, 0.25) is 0 Å². The molecule has 0 bridgehead atoms. The zero-order valence-corrected chi connectivity index (χ0v) is 14.7. The Balaban J connectivity index is 1.68. The third-order valence-corrected chi connectivity index (χ3v) is 5.06. The number of para-hydroxylation sites is 2. The fraction of sp³-hybridized carbons (Fsp3) is 0.421. The highest BCUT2D eigenvalue weighted by Gasteiger charge is 2.35. The second kappa shape index (κ2) is 6.35. The monoisotopic (exact) mass is 337 g/mol. The van der Waals surface area contributed by atoms with Crippen molar-refractivity contribution >= 4 is 23.1 Å². The van der Waals surface area contributed by atoms with Crippen LogP contribution in [-0.4, -0.2) is 49.1 Å². The third kappa shape index (κ3) is 2.81. The molecule has 1 atom stereocenters. The number of anilines is 3. The number of hydrogen-bond donors (Lipinski definition) is 0. The summed E-state index contributed by atoms with van der Waals surface area (Å²) < 4.78 is 0. The second-order valence-electron chi connectivity index (χ2n) is 6.90. The Labute approximate surface area is 148 Å². The average Bonchev–Trinajstić information content (AvgIpc) is 2.67. The van der Waals surface area contributed by atoms with Crippen molar-refractivity contribution in [3.8, 4) is 0 Å². The highest BCUT2D eigenvalue weighted by atomic mass is 16.2. The Bertz CT molecular complexity index is 774. The van der Waals surface area contributed by atoms with Crippen molar-refractivity contribution in [3.05, 3.63) is 42.4 Å². The lowest BCUT2D eigenvalue weighted by Gasteiger charge is -2.46. The van der Waals surface area contributed by atoms with E-state index in [1.807, 2.05) is 42.1 Å². The van der Waals surface area contributed by atoms with Gasteiger partial charge in [-0.15, -0.1) is 0 Å². The molecule has 1 saturated heterocycles. The zero-order chi connectivity index (χ0) is 17.4. The van der Waals surface area contributed by atoms with Gasteiger partial charge in [-0.25, -0.2) is 9.97 Å². The Kier molecular flexibility index (Phi) is 4.03. The third-order valence-electron chi connectivity index (χ3n) is 5.06. The molecule has 0 aliphatic carbocycles. The summed E-state index contributed by atoms with van der Waals surface area (Å²) in [6, 6.07) is 8.57. The molecule has 1 aromatic heterocycles. The standard InChI is InChI=1S/C19H23N5O/c1-22(2)18-12-20-15(11-21-18)19(25)24-13-14-7-5-6-10-23(14)16-8-3-4-9-17(16)24/h3-4,8-9,11-12,14H,5-7,10,13H2,1-2H3/t14-/m0/s1. The molecule has 3 heterocycles. The number of piperidine rings is 1. The Morgan fingerprint density at radius 1 is 1.12 bits per heavy atom. The summed E-state index contributed by atoms with van der Waals surface area (Å²) in [6.45, 7) is 1.79. The summed E-state index contributed by atoms with van der Waals surface area (Å²) in [6.07, 6.45) is 6.80. The van der Waals surface area contributed by atoms with Crippen molar-refractivity contribution in [2.45, 2.75) is 25.3 Å². The quantitative estimate of drug-likeness (QED) is 0.843. The van der Waals surface area contributed by atoms with Gasteiger partial charge >= 0.3 is 0 Å². The van der Waals surface area contributed by atoms with Gasteiger partial charge < -0.3 is 14.7 Å². The van der Waals surface area contributed by atoms with E-state index < -0.39 is 0 Å². The van der Waals surface area contributed by atoms with Gasteiger partial charge in [0.1, 0.15) is 11.5 Å². The van der Waals surface area contributed by atoms with Gasteiger partial charge in [0.05, 0.1) is 23.8 Å². The number of aromatic nitrogens is 2. The molecule has 0 N–H and O–H groups in total. The zero-order valence-electron chi connectivity index (χ0n) is 14.7. The molecule has 6 heteroatoms. The average molecular weight is 337 g/mol. The summed E-state index contributed by atoms with van der Waals surface area (Å²) in [4.78, 5) is 28.0. The van der Waals surface area contributed by atoms with Crippen LogP contribution in [0.1, 0.15) is 29.8 Å². The van der Waals surface area contributed by atoms with Crippen LogP contribution in [0.2, 0.25) is 0 Å². The summed E-state index contributed by atoms with van der Waals surface area (Å²) >= 11 is 0. The Morgan fingerprint density at radius 2 is 1.92 bits per heavy atom. The van der Waals surface area contributed by atoms with Crippen molar-refractivity contribution in [1.29, 1.82) is 0 Å². The summed E-state index contributed by atoms with van der Waals surface area (Å²) in [7, 11) is 3.81. The SMILES string of the molecule is CN(C)c1cnc(C(=O)N2C[C@@H]3CCCCN3c3ccccc32)cn1. The lowest BCUT2D eigenvalue weighted by Crippen LogP contribution is -2.53. The molecule has 2 aromatic rings. The number of nitrogens with zero attached hydrogens (tertiary/aromatic N) is 5. The first-order chi connectivity index (χ1) is 12.1. The van der Waals surface area contributed by atoms with E-state index in [-0.39, 0.29) is 5.91 Å². The van der Waals surface area contributed by atoms with Crippen LogP contribution in [-0.2, 0) is 0 Å². The van der Waals surface area contributed by atoms with E-state index in [0.29, 0.717) is 18.3 Å². The minimum atomic E-state index is -0.0736. The molecule has 0 spiro atoms. The van der Waals surface area contributed by atoms with Crippen LogP contribution in [0, 0.1) is 0 Å². The van der Waals surface area contributed by atoms with Gasteiger partial charge in [-0.2, -0.15) is 0 Å². The molecule has 2 aliphatic rings. The fourth-order valence-corrected chi connectivity index (χ4v) is 3.75. The topological polar surface area (TPSA) is 52.6 Å². The lowest BCUT2D eigenvalue weighted by atomic mass is 9.96. The molecule has 1 amide bonds. The van der Waals surface area contributed by atoms with Crippen LogP contribution < -0.4 is 14.7 Å². The predicted octanol–water partition coefficient (Wildman–Crippen LogP) is 2.56. The second-order valence-corrected chi connectivity index (χ2v) is 6.90. The van der Waals surface area contributed by atoms with E-state index in [2.05, 4.69) is 20.9 Å². The highest BCUT2D eigenvalue weighted by molar-refractivity contribution is 6.07. The molecular weight excluding hydrogens is 314 g/mol. The number of carbonyl (C=O) groups excluding carboxylic acids is 1.